The number of nitrogens with zero attached hydrogens (tertiary/aromatic N) is 3. The Morgan fingerprint density at radius 2 is 1.85 bits per heavy atom. The molecule has 0 heterocycles. The zero-order valence-electron chi connectivity index (χ0n) is 11.3. The van der Waals surface area contributed by atoms with Gasteiger partial charge in [-0.2, -0.15) is 5.26 Å². The summed E-state index contributed by atoms with van der Waals surface area (Å²) >= 11 is 0. The van der Waals surface area contributed by atoms with Crippen LogP contribution in [0.25, 0.3) is 0 Å². The first-order valence-electron chi connectivity index (χ1n) is 7.11. The fourth-order valence-electron chi connectivity index (χ4n) is 2.50. The van der Waals surface area contributed by atoms with Gasteiger partial charge in [0.25, 0.3) is 5.69 Å². The topological polar surface area (TPSA) is 70.2 Å². The van der Waals surface area contributed by atoms with E-state index in [0.29, 0.717) is 23.1 Å². The summed E-state index contributed by atoms with van der Waals surface area (Å²) in [6.45, 7) is 1.81. The van der Waals surface area contributed by atoms with Crippen molar-refractivity contribution < 1.29 is 4.92 Å². The lowest BCUT2D eigenvalue weighted by atomic mass is 10.1. The number of hydrogen-bond donors (Lipinski definition) is 0. The molecule has 0 amide bonds. The molecule has 1 aromatic rings. The lowest BCUT2D eigenvalue weighted by Gasteiger charge is -2.24. The van der Waals surface area contributed by atoms with Gasteiger partial charge in [-0.25, -0.2) is 0 Å². The molecular formula is C15H17N3O2. The Morgan fingerprint density at radius 1 is 1.25 bits per heavy atom. The number of anilines is 1. The van der Waals surface area contributed by atoms with E-state index in [-0.39, 0.29) is 10.6 Å². The van der Waals surface area contributed by atoms with Crippen LogP contribution in [0.2, 0.25) is 0 Å². The fraction of sp³-hybridized carbons (Fsp3) is 0.533. The van der Waals surface area contributed by atoms with Gasteiger partial charge in [0, 0.05) is 19.2 Å². The smallest absolute Gasteiger partial charge is 0.293 e. The Bertz CT molecular complexity index is 557. The van der Waals surface area contributed by atoms with E-state index in [1.807, 2.05) is 6.07 Å². The molecule has 0 aromatic heterocycles. The quantitative estimate of drug-likeness (QED) is 0.589. The Kier molecular flexibility index (Phi) is 3.31. The maximum absolute atomic E-state index is 11.3. The van der Waals surface area contributed by atoms with Crippen LogP contribution in [0, 0.1) is 33.3 Å². The van der Waals surface area contributed by atoms with Gasteiger partial charge in [-0.05, 0) is 49.7 Å². The first-order valence-corrected chi connectivity index (χ1v) is 7.11. The summed E-state index contributed by atoms with van der Waals surface area (Å²) in [4.78, 5) is 13.1. The first kappa shape index (κ1) is 12.9. The van der Waals surface area contributed by atoms with Crippen molar-refractivity contribution >= 4 is 11.4 Å². The summed E-state index contributed by atoms with van der Waals surface area (Å²) in [7, 11) is 0. The Hall–Kier alpha value is -2.09. The lowest BCUT2D eigenvalue weighted by Crippen LogP contribution is -2.28. The predicted molar refractivity (Wildman–Crippen MR) is 75.5 cm³/mol. The molecule has 0 spiro atoms. The van der Waals surface area contributed by atoms with Gasteiger partial charge >= 0.3 is 0 Å². The molecule has 104 valence electrons. The minimum absolute atomic E-state index is 0.0605. The van der Waals surface area contributed by atoms with Crippen LogP contribution in [0.4, 0.5) is 11.4 Å². The van der Waals surface area contributed by atoms with Gasteiger partial charge in [-0.15, -0.1) is 0 Å². The Balaban J connectivity index is 1.90. The van der Waals surface area contributed by atoms with E-state index in [4.69, 9.17) is 5.26 Å². The minimum atomic E-state index is -0.372. The number of nitro benzene ring substituents is 1. The standard InChI is InChI=1S/C15H17N3O2/c16-8-13-5-6-14(15(7-13)18(19)20)17(9-11-1-2-11)10-12-3-4-12/h5-7,11-12H,1-4,9-10H2. The molecule has 3 rings (SSSR count). The van der Waals surface area contributed by atoms with E-state index in [9.17, 15) is 10.1 Å². The Morgan fingerprint density at radius 3 is 2.30 bits per heavy atom. The number of nitriles is 1. The third-order valence-corrected chi connectivity index (χ3v) is 3.99. The first-order chi connectivity index (χ1) is 9.67. The molecule has 0 radical (unpaired) electrons. The molecule has 2 fully saturated rings. The van der Waals surface area contributed by atoms with Crippen molar-refractivity contribution in [1.82, 2.24) is 0 Å². The summed E-state index contributed by atoms with van der Waals surface area (Å²) in [5.41, 5.74) is 1.08. The van der Waals surface area contributed by atoms with Crippen LogP contribution < -0.4 is 4.90 Å². The van der Waals surface area contributed by atoms with E-state index >= 15 is 0 Å². The molecule has 2 aliphatic carbocycles. The van der Waals surface area contributed by atoms with Crippen molar-refractivity contribution in [2.75, 3.05) is 18.0 Å². The third kappa shape index (κ3) is 2.90. The molecule has 1 aromatic carbocycles. The minimum Gasteiger partial charge on any atom is -0.365 e. The average molecular weight is 271 g/mol. The number of nitro groups is 1. The largest absolute Gasteiger partial charge is 0.365 e. The monoisotopic (exact) mass is 271 g/mol. The van der Waals surface area contributed by atoms with Crippen LogP contribution >= 0.6 is 0 Å². The Labute approximate surface area is 118 Å². The van der Waals surface area contributed by atoms with Gasteiger partial charge in [-0.3, -0.25) is 10.1 Å². The van der Waals surface area contributed by atoms with Crippen molar-refractivity contribution in [3.63, 3.8) is 0 Å². The van der Waals surface area contributed by atoms with Crippen LogP contribution in [-0.2, 0) is 0 Å². The number of hydrogen-bond acceptors (Lipinski definition) is 4. The highest BCUT2D eigenvalue weighted by Crippen LogP contribution is 2.38. The van der Waals surface area contributed by atoms with Gasteiger partial charge in [0.1, 0.15) is 5.69 Å². The second-order valence-electron chi connectivity index (χ2n) is 5.86. The summed E-state index contributed by atoms with van der Waals surface area (Å²) in [6, 6.07) is 6.78. The highest BCUT2D eigenvalue weighted by molar-refractivity contribution is 5.65. The second-order valence-corrected chi connectivity index (χ2v) is 5.86. The van der Waals surface area contributed by atoms with Gasteiger partial charge in [0.2, 0.25) is 0 Å². The van der Waals surface area contributed by atoms with Crippen LogP contribution in [0.1, 0.15) is 31.2 Å². The molecule has 0 aliphatic heterocycles. The number of rotatable bonds is 6. The second kappa shape index (κ2) is 5.12. The van der Waals surface area contributed by atoms with Gasteiger partial charge in [-0.1, -0.05) is 0 Å². The molecular weight excluding hydrogens is 254 g/mol. The molecule has 5 heteroatoms. The normalized spacial score (nSPS) is 17.6. The van der Waals surface area contributed by atoms with E-state index in [2.05, 4.69) is 4.90 Å². The molecule has 0 saturated heterocycles. The fourth-order valence-corrected chi connectivity index (χ4v) is 2.50. The zero-order chi connectivity index (χ0) is 14.1. The van der Waals surface area contributed by atoms with Crippen molar-refractivity contribution in [1.29, 1.82) is 5.26 Å². The molecule has 0 bridgehead atoms. The molecule has 2 aliphatic rings. The molecule has 5 nitrogen and oxygen atoms in total. The maximum Gasteiger partial charge on any atom is 0.293 e. The average Bonchev–Trinajstić information content (AvgIpc) is 3.32. The molecule has 20 heavy (non-hydrogen) atoms. The molecule has 0 atom stereocenters. The van der Waals surface area contributed by atoms with Crippen molar-refractivity contribution in [3.8, 4) is 6.07 Å². The predicted octanol–water partition coefficient (Wildman–Crippen LogP) is 3.09. The maximum atomic E-state index is 11.3. The van der Waals surface area contributed by atoms with E-state index in [1.54, 1.807) is 12.1 Å². The molecule has 0 N–H and O–H groups in total. The SMILES string of the molecule is N#Cc1ccc(N(CC2CC2)CC2CC2)c([N+](=O)[O-])c1. The lowest BCUT2D eigenvalue weighted by molar-refractivity contribution is -0.384. The summed E-state index contributed by atoms with van der Waals surface area (Å²) in [5.74, 6) is 1.37. The molecule has 2 saturated carbocycles. The highest BCUT2D eigenvalue weighted by atomic mass is 16.6. The zero-order valence-corrected chi connectivity index (χ0v) is 11.3. The van der Waals surface area contributed by atoms with E-state index in [0.717, 1.165) is 13.1 Å². The van der Waals surface area contributed by atoms with Crippen molar-refractivity contribution in [3.05, 3.63) is 33.9 Å². The highest BCUT2D eigenvalue weighted by Gasteiger charge is 2.32. The van der Waals surface area contributed by atoms with Crippen LogP contribution in [0.15, 0.2) is 18.2 Å². The van der Waals surface area contributed by atoms with Crippen LogP contribution in [-0.4, -0.2) is 18.0 Å². The van der Waals surface area contributed by atoms with Crippen LogP contribution in [0.5, 0.6) is 0 Å². The van der Waals surface area contributed by atoms with Crippen LogP contribution in [0.3, 0.4) is 0 Å². The summed E-state index contributed by atoms with van der Waals surface area (Å²) in [6.07, 6.45) is 4.91. The number of benzene rings is 1. The molecule has 0 unspecified atom stereocenters. The van der Waals surface area contributed by atoms with E-state index in [1.165, 1.54) is 31.7 Å². The van der Waals surface area contributed by atoms with Gasteiger partial charge < -0.3 is 4.90 Å². The van der Waals surface area contributed by atoms with Crippen molar-refractivity contribution in [2.24, 2.45) is 11.8 Å². The van der Waals surface area contributed by atoms with Crippen molar-refractivity contribution in [2.45, 2.75) is 25.7 Å². The summed E-state index contributed by atoms with van der Waals surface area (Å²) in [5, 5.41) is 20.2. The van der Waals surface area contributed by atoms with E-state index < -0.39 is 0 Å². The third-order valence-electron chi connectivity index (χ3n) is 3.99. The summed E-state index contributed by atoms with van der Waals surface area (Å²) < 4.78 is 0. The van der Waals surface area contributed by atoms with Gasteiger partial charge in [0.15, 0.2) is 0 Å². The van der Waals surface area contributed by atoms with Gasteiger partial charge in [0.05, 0.1) is 16.6 Å².